The average Bonchev–Trinajstić information content (AvgIpc) is 2.16. The predicted molar refractivity (Wildman–Crippen MR) is 59.5 cm³/mol. The molecule has 4 heteroatoms. The fourth-order valence-electron chi connectivity index (χ4n) is 1.90. The van der Waals surface area contributed by atoms with Crippen molar-refractivity contribution in [3.8, 4) is 0 Å². The molecule has 0 spiro atoms. The van der Waals surface area contributed by atoms with Crippen LogP contribution >= 0.6 is 11.6 Å². The molecule has 2 unspecified atom stereocenters. The van der Waals surface area contributed by atoms with Crippen molar-refractivity contribution in [1.82, 2.24) is 5.32 Å². The minimum atomic E-state index is -0.0694. The SMILES string of the molecule is NC1CC(=O)NC(c2ccccc2Cl)C1. The molecule has 1 aliphatic rings. The van der Waals surface area contributed by atoms with Crippen LogP contribution in [0.5, 0.6) is 0 Å². The van der Waals surface area contributed by atoms with Crippen LogP contribution in [-0.2, 0) is 4.79 Å². The second-order valence-electron chi connectivity index (χ2n) is 3.84. The molecule has 0 radical (unpaired) electrons. The molecule has 1 aliphatic heterocycles. The van der Waals surface area contributed by atoms with Crippen molar-refractivity contribution in [2.24, 2.45) is 5.73 Å². The molecule has 0 aromatic heterocycles. The number of halogens is 1. The Bertz CT molecular complexity index is 381. The van der Waals surface area contributed by atoms with E-state index in [4.69, 9.17) is 17.3 Å². The van der Waals surface area contributed by atoms with Crippen molar-refractivity contribution in [3.05, 3.63) is 34.9 Å². The van der Waals surface area contributed by atoms with Crippen molar-refractivity contribution in [2.75, 3.05) is 0 Å². The third-order valence-electron chi connectivity index (χ3n) is 2.60. The Morgan fingerprint density at radius 3 is 2.80 bits per heavy atom. The van der Waals surface area contributed by atoms with Gasteiger partial charge in [0.05, 0.1) is 6.04 Å². The van der Waals surface area contributed by atoms with Crippen LogP contribution in [0, 0.1) is 0 Å². The Kier molecular flexibility index (Phi) is 2.93. The summed E-state index contributed by atoms with van der Waals surface area (Å²) in [4.78, 5) is 11.3. The Morgan fingerprint density at radius 2 is 2.13 bits per heavy atom. The van der Waals surface area contributed by atoms with E-state index in [0.29, 0.717) is 11.4 Å². The highest BCUT2D eigenvalue weighted by Crippen LogP contribution is 2.28. The van der Waals surface area contributed by atoms with Gasteiger partial charge < -0.3 is 11.1 Å². The van der Waals surface area contributed by atoms with Gasteiger partial charge >= 0.3 is 0 Å². The highest BCUT2D eigenvalue weighted by Gasteiger charge is 2.26. The summed E-state index contributed by atoms with van der Waals surface area (Å²) < 4.78 is 0. The molecule has 0 aliphatic carbocycles. The van der Waals surface area contributed by atoms with E-state index in [1.54, 1.807) is 0 Å². The van der Waals surface area contributed by atoms with Gasteiger partial charge in [-0.25, -0.2) is 0 Å². The van der Waals surface area contributed by atoms with E-state index in [1.807, 2.05) is 24.3 Å². The zero-order valence-corrected chi connectivity index (χ0v) is 9.00. The van der Waals surface area contributed by atoms with Crippen LogP contribution in [-0.4, -0.2) is 11.9 Å². The fraction of sp³-hybridized carbons (Fsp3) is 0.364. The van der Waals surface area contributed by atoms with Gasteiger partial charge in [-0.1, -0.05) is 29.8 Å². The van der Waals surface area contributed by atoms with Gasteiger partial charge in [-0.05, 0) is 18.1 Å². The first kappa shape index (κ1) is 10.5. The second kappa shape index (κ2) is 4.21. The van der Waals surface area contributed by atoms with Crippen molar-refractivity contribution >= 4 is 17.5 Å². The molecule has 1 heterocycles. The number of hydrogen-bond acceptors (Lipinski definition) is 2. The van der Waals surface area contributed by atoms with Crippen LogP contribution in [0.2, 0.25) is 5.02 Å². The van der Waals surface area contributed by atoms with Crippen LogP contribution in [0.25, 0.3) is 0 Å². The standard InChI is InChI=1S/C11H13ClN2O/c12-9-4-2-1-3-8(9)10-5-7(13)6-11(15)14-10/h1-4,7,10H,5-6,13H2,(H,14,15). The minimum absolute atomic E-state index is 0.00123. The zero-order valence-electron chi connectivity index (χ0n) is 8.24. The maximum absolute atomic E-state index is 11.3. The molecule has 3 N–H and O–H groups in total. The van der Waals surface area contributed by atoms with Crippen molar-refractivity contribution in [1.29, 1.82) is 0 Å². The fourth-order valence-corrected chi connectivity index (χ4v) is 2.17. The molecular weight excluding hydrogens is 212 g/mol. The van der Waals surface area contributed by atoms with Gasteiger partial charge in [0.2, 0.25) is 5.91 Å². The van der Waals surface area contributed by atoms with E-state index in [1.165, 1.54) is 0 Å². The Hall–Kier alpha value is -1.06. The number of carbonyl (C=O) groups excluding carboxylic acids is 1. The summed E-state index contributed by atoms with van der Waals surface area (Å²) in [7, 11) is 0. The van der Waals surface area contributed by atoms with Gasteiger partial charge in [0.25, 0.3) is 0 Å². The summed E-state index contributed by atoms with van der Waals surface area (Å²) in [5.41, 5.74) is 6.75. The third-order valence-corrected chi connectivity index (χ3v) is 2.95. The van der Waals surface area contributed by atoms with Crippen LogP contribution < -0.4 is 11.1 Å². The van der Waals surface area contributed by atoms with E-state index in [2.05, 4.69) is 5.32 Å². The van der Waals surface area contributed by atoms with Crippen LogP contribution in [0.1, 0.15) is 24.4 Å². The molecule has 80 valence electrons. The number of piperidine rings is 1. The third kappa shape index (κ3) is 2.30. The molecule has 3 nitrogen and oxygen atoms in total. The van der Waals surface area contributed by atoms with Crippen molar-refractivity contribution in [3.63, 3.8) is 0 Å². The molecule has 2 atom stereocenters. The molecular formula is C11H13ClN2O. The van der Waals surface area contributed by atoms with Gasteiger partial charge in [-0.2, -0.15) is 0 Å². The number of rotatable bonds is 1. The number of nitrogens with one attached hydrogen (secondary N) is 1. The van der Waals surface area contributed by atoms with Crippen molar-refractivity contribution in [2.45, 2.75) is 24.9 Å². The smallest absolute Gasteiger partial charge is 0.222 e. The summed E-state index contributed by atoms with van der Waals surface area (Å²) in [5, 5.41) is 3.58. The Balaban J connectivity index is 2.23. The molecule has 1 amide bonds. The first-order chi connectivity index (χ1) is 7.16. The van der Waals surface area contributed by atoms with E-state index in [9.17, 15) is 4.79 Å². The summed E-state index contributed by atoms with van der Waals surface area (Å²) in [6.07, 6.45) is 1.15. The lowest BCUT2D eigenvalue weighted by Gasteiger charge is -2.28. The topological polar surface area (TPSA) is 55.1 Å². The van der Waals surface area contributed by atoms with E-state index in [-0.39, 0.29) is 18.0 Å². The number of hydrogen-bond donors (Lipinski definition) is 2. The second-order valence-corrected chi connectivity index (χ2v) is 4.25. The number of amides is 1. The molecule has 1 aromatic rings. The Morgan fingerprint density at radius 1 is 1.40 bits per heavy atom. The molecule has 2 rings (SSSR count). The maximum atomic E-state index is 11.3. The molecule has 1 saturated heterocycles. The lowest BCUT2D eigenvalue weighted by Crippen LogP contribution is -2.42. The normalized spacial score (nSPS) is 26.1. The van der Waals surface area contributed by atoms with Gasteiger partial charge in [0.15, 0.2) is 0 Å². The minimum Gasteiger partial charge on any atom is -0.349 e. The number of benzene rings is 1. The quantitative estimate of drug-likeness (QED) is 0.762. The highest BCUT2D eigenvalue weighted by molar-refractivity contribution is 6.31. The summed E-state index contributed by atoms with van der Waals surface area (Å²) >= 11 is 6.06. The number of carbonyl (C=O) groups is 1. The first-order valence-corrected chi connectivity index (χ1v) is 5.34. The van der Waals surface area contributed by atoms with Gasteiger partial charge in [0, 0.05) is 17.5 Å². The van der Waals surface area contributed by atoms with Gasteiger partial charge in [0.1, 0.15) is 0 Å². The van der Waals surface area contributed by atoms with Crippen LogP contribution in [0.15, 0.2) is 24.3 Å². The predicted octanol–water partition coefficient (Wildman–Crippen LogP) is 1.62. The summed E-state index contributed by atoms with van der Waals surface area (Å²) in [6, 6.07) is 7.41. The van der Waals surface area contributed by atoms with Crippen LogP contribution in [0.4, 0.5) is 0 Å². The molecule has 1 aromatic carbocycles. The first-order valence-electron chi connectivity index (χ1n) is 4.96. The van der Waals surface area contributed by atoms with Gasteiger partial charge in [-0.3, -0.25) is 4.79 Å². The van der Waals surface area contributed by atoms with E-state index >= 15 is 0 Å². The average molecular weight is 225 g/mol. The monoisotopic (exact) mass is 224 g/mol. The molecule has 0 bridgehead atoms. The molecule has 1 fully saturated rings. The lowest BCUT2D eigenvalue weighted by atomic mass is 9.94. The van der Waals surface area contributed by atoms with Crippen LogP contribution in [0.3, 0.4) is 0 Å². The highest BCUT2D eigenvalue weighted by atomic mass is 35.5. The summed E-state index contributed by atoms with van der Waals surface area (Å²) in [6.45, 7) is 0. The molecule has 0 saturated carbocycles. The van der Waals surface area contributed by atoms with Crippen molar-refractivity contribution < 1.29 is 4.79 Å². The van der Waals surface area contributed by atoms with E-state index < -0.39 is 0 Å². The van der Waals surface area contributed by atoms with E-state index in [0.717, 1.165) is 12.0 Å². The molecule has 15 heavy (non-hydrogen) atoms. The lowest BCUT2D eigenvalue weighted by molar-refractivity contribution is -0.123. The summed E-state index contributed by atoms with van der Waals surface area (Å²) in [5.74, 6) is -0.00123. The Labute approximate surface area is 93.6 Å². The van der Waals surface area contributed by atoms with Gasteiger partial charge in [-0.15, -0.1) is 0 Å². The zero-order chi connectivity index (χ0) is 10.8. The maximum Gasteiger partial charge on any atom is 0.222 e. The largest absolute Gasteiger partial charge is 0.349 e. The number of nitrogens with two attached hydrogens (primary N) is 1.